The zero-order chi connectivity index (χ0) is 18.0. The Hall–Kier alpha value is -2.35. The van der Waals surface area contributed by atoms with Crippen LogP contribution in [0.15, 0.2) is 18.5 Å². The molecule has 0 aromatic carbocycles. The van der Waals surface area contributed by atoms with Gasteiger partial charge in [0.25, 0.3) is 5.91 Å². The van der Waals surface area contributed by atoms with E-state index in [2.05, 4.69) is 20.3 Å². The predicted molar refractivity (Wildman–Crippen MR) is 93.3 cm³/mol. The van der Waals surface area contributed by atoms with Gasteiger partial charge in [-0.1, -0.05) is 12.8 Å². The fraction of sp³-hybridized carbons (Fsp3) is 0.471. The molecule has 7 nitrogen and oxygen atoms in total. The van der Waals surface area contributed by atoms with Crippen LogP contribution >= 0.6 is 11.3 Å². The SMILES string of the molecule is Cc1nc(-c2ncccn2)sc1C(=O)NC1(C)CCCCC1C(=O)O. The lowest BCUT2D eigenvalue weighted by molar-refractivity contribution is -0.145. The Kier molecular flexibility index (Phi) is 4.80. The average molecular weight is 360 g/mol. The molecule has 1 amide bonds. The number of aryl methyl sites for hydroxylation is 1. The number of carbonyl (C=O) groups excluding carboxylic acids is 1. The molecule has 0 bridgehead atoms. The number of amides is 1. The van der Waals surface area contributed by atoms with E-state index in [-0.39, 0.29) is 5.91 Å². The minimum Gasteiger partial charge on any atom is -0.481 e. The third-order valence-electron chi connectivity index (χ3n) is 4.67. The first-order valence-electron chi connectivity index (χ1n) is 8.21. The van der Waals surface area contributed by atoms with Gasteiger partial charge in [0.2, 0.25) is 0 Å². The molecule has 2 unspecified atom stereocenters. The molecule has 0 saturated heterocycles. The minimum absolute atomic E-state index is 0.284. The second-order valence-electron chi connectivity index (χ2n) is 6.51. The third-order valence-corrected chi connectivity index (χ3v) is 5.82. The first-order chi connectivity index (χ1) is 11.9. The summed E-state index contributed by atoms with van der Waals surface area (Å²) >= 11 is 1.22. The maximum Gasteiger partial charge on any atom is 0.308 e. The van der Waals surface area contributed by atoms with Crippen LogP contribution in [0.3, 0.4) is 0 Å². The summed E-state index contributed by atoms with van der Waals surface area (Å²) in [4.78, 5) is 37.5. The van der Waals surface area contributed by atoms with E-state index in [4.69, 9.17) is 0 Å². The van der Waals surface area contributed by atoms with Crippen molar-refractivity contribution in [2.75, 3.05) is 0 Å². The van der Waals surface area contributed by atoms with Crippen LogP contribution in [0, 0.1) is 12.8 Å². The molecule has 2 heterocycles. The number of hydrogen-bond acceptors (Lipinski definition) is 6. The molecule has 3 rings (SSSR count). The summed E-state index contributed by atoms with van der Waals surface area (Å²) in [5.74, 6) is -1.24. The summed E-state index contributed by atoms with van der Waals surface area (Å²) < 4.78 is 0. The number of nitrogens with zero attached hydrogens (tertiary/aromatic N) is 3. The summed E-state index contributed by atoms with van der Waals surface area (Å²) in [5, 5.41) is 13.0. The van der Waals surface area contributed by atoms with Crippen LogP contribution in [0.2, 0.25) is 0 Å². The summed E-state index contributed by atoms with van der Waals surface area (Å²) in [6.45, 7) is 3.58. The molecule has 0 aliphatic heterocycles. The quantitative estimate of drug-likeness (QED) is 0.868. The van der Waals surface area contributed by atoms with E-state index in [0.29, 0.717) is 34.2 Å². The van der Waals surface area contributed by atoms with Gasteiger partial charge < -0.3 is 10.4 Å². The predicted octanol–water partition coefficient (Wildman–Crippen LogP) is 2.67. The van der Waals surface area contributed by atoms with Crippen LogP contribution in [-0.4, -0.2) is 37.5 Å². The van der Waals surface area contributed by atoms with E-state index in [0.717, 1.165) is 12.8 Å². The molecule has 25 heavy (non-hydrogen) atoms. The molecular weight excluding hydrogens is 340 g/mol. The molecular formula is C17H20N4O3S. The number of rotatable bonds is 4. The van der Waals surface area contributed by atoms with Crippen LogP contribution in [-0.2, 0) is 4.79 Å². The highest BCUT2D eigenvalue weighted by Crippen LogP contribution is 2.35. The topological polar surface area (TPSA) is 105 Å². The molecule has 1 saturated carbocycles. The number of aliphatic carboxylic acids is 1. The van der Waals surface area contributed by atoms with Crippen molar-refractivity contribution in [1.82, 2.24) is 20.3 Å². The summed E-state index contributed by atoms with van der Waals surface area (Å²) in [6.07, 6.45) is 6.26. The van der Waals surface area contributed by atoms with Gasteiger partial charge in [-0.2, -0.15) is 0 Å². The molecule has 1 aliphatic rings. The van der Waals surface area contributed by atoms with Gasteiger partial charge in [-0.25, -0.2) is 15.0 Å². The Balaban J connectivity index is 1.84. The van der Waals surface area contributed by atoms with E-state index in [1.165, 1.54) is 11.3 Å². The van der Waals surface area contributed by atoms with Gasteiger partial charge in [0.05, 0.1) is 17.2 Å². The van der Waals surface area contributed by atoms with Crippen molar-refractivity contribution in [1.29, 1.82) is 0 Å². The van der Waals surface area contributed by atoms with Crippen LogP contribution < -0.4 is 5.32 Å². The normalized spacial score (nSPS) is 23.2. The highest BCUT2D eigenvalue weighted by atomic mass is 32.1. The number of carbonyl (C=O) groups is 2. The fourth-order valence-corrected chi connectivity index (χ4v) is 4.22. The van der Waals surface area contributed by atoms with Crippen molar-refractivity contribution >= 4 is 23.2 Å². The highest BCUT2D eigenvalue weighted by molar-refractivity contribution is 7.17. The minimum atomic E-state index is -0.859. The summed E-state index contributed by atoms with van der Waals surface area (Å²) in [7, 11) is 0. The maximum absolute atomic E-state index is 12.8. The van der Waals surface area contributed by atoms with Crippen molar-refractivity contribution in [3.8, 4) is 10.8 Å². The summed E-state index contributed by atoms with van der Waals surface area (Å²) in [6, 6.07) is 1.72. The van der Waals surface area contributed by atoms with E-state index < -0.39 is 17.4 Å². The van der Waals surface area contributed by atoms with Crippen LogP contribution in [0.4, 0.5) is 0 Å². The van der Waals surface area contributed by atoms with Crippen molar-refractivity contribution in [2.45, 2.75) is 45.1 Å². The Morgan fingerprint density at radius 1 is 1.32 bits per heavy atom. The van der Waals surface area contributed by atoms with Gasteiger partial charge in [0.15, 0.2) is 10.8 Å². The molecule has 132 valence electrons. The second-order valence-corrected chi connectivity index (χ2v) is 7.51. The third kappa shape index (κ3) is 3.53. The lowest BCUT2D eigenvalue weighted by Gasteiger charge is -2.39. The summed E-state index contributed by atoms with van der Waals surface area (Å²) in [5.41, 5.74) is -0.155. The number of carboxylic acid groups (broad SMARTS) is 1. The molecule has 2 aromatic rings. The van der Waals surface area contributed by atoms with Crippen molar-refractivity contribution in [3.63, 3.8) is 0 Å². The van der Waals surface area contributed by atoms with Gasteiger partial charge in [0.1, 0.15) is 4.88 Å². The van der Waals surface area contributed by atoms with Gasteiger partial charge in [0, 0.05) is 12.4 Å². The van der Waals surface area contributed by atoms with Gasteiger partial charge in [-0.05, 0) is 32.8 Å². The Labute approximate surface area is 149 Å². The standard InChI is InChI=1S/C17H20N4O3S/c1-10-12(25-15(20-10)13-18-8-5-9-19-13)14(22)21-17(2)7-4-3-6-11(17)16(23)24/h5,8-9,11H,3-4,6-7H2,1-2H3,(H,21,22)(H,23,24). The van der Waals surface area contributed by atoms with Crippen LogP contribution in [0.1, 0.15) is 48.0 Å². The molecule has 0 radical (unpaired) electrons. The lowest BCUT2D eigenvalue weighted by atomic mass is 9.74. The first kappa shape index (κ1) is 17.5. The van der Waals surface area contributed by atoms with Gasteiger partial charge in [-0.15, -0.1) is 11.3 Å². The molecule has 8 heteroatoms. The Bertz CT molecular complexity index is 792. The Morgan fingerprint density at radius 3 is 2.72 bits per heavy atom. The zero-order valence-electron chi connectivity index (χ0n) is 14.2. The molecule has 2 N–H and O–H groups in total. The van der Waals surface area contributed by atoms with Gasteiger partial charge in [-0.3, -0.25) is 9.59 Å². The van der Waals surface area contributed by atoms with E-state index in [1.54, 1.807) is 25.4 Å². The van der Waals surface area contributed by atoms with Crippen molar-refractivity contribution in [3.05, 3.63) is 29.0 Å². The average Bonchev–Trinajstić information content (AvgIpc) is 2.97. The lowest BCUT2D eigenvalue weighted by Crippen LogP contribution is -2.55. The number of hydrogen-bond donors (Lipinski definition) is 2. The first-order valence-corrected chi connectivity index (χ1v) is 9.02. The molecule has 1 aliphatic carbocycles. The van der Waals surface area contributed by atoms with Crippen molar-refractivity contribution < 1.29 is 14.7 Å². The van der Waals surface area contributed by atoms with Gasteiger partial charge >= 0.3 is 5.97 Å². The zero-order valence-corrected chi connectivity index (χ0v) is 15.0. The Morgan fingerprint density at radius 2 is 2.04 bits per heavy atom. The number of aromatic nitrogens is 3. The number of carboxylic acids is 1. The van der Waals surface area contributed by atoms with Crippen molar-refractivity contribution in [2.24, 2.45) is 5.92 Å². The molecule has 2 atom stereocenters. The maximum atomic E-state index is 12.8. The second kappa shape index (κ2) is 6.87. The largest absolute Gasteiger partial charge is 0.481 e. The number of thiazole rings is 1. The molecule has 2 aromatic heterocycles. The van der Waals surface area contributed by atoms with E-state index >= 15 is 0 Å². The van der Waals surface area contributed by atoms with Crippen LogP contribution in [0.25, 0.3) is 10.8 Å². The highest BCUT2D eigenvalue weighted by Gasteiger charge is 2.42. The van der Waals surface area contributed by atoms with E-state index in [1.807, 2.05) is 6.92 Å². The van der Waals surface area contributed by atoms with Crippen LogP contribution in [0.5, 0.6) is 0 Å². The monoisotopic (exact) mass is 360 g/mol. The smallest absolute Gasteiger partial charge is 0.308 e. The fourth-order valence-electron chi connectivity index (χ4n) is 3.31. The molecule has 1 fully saturated rings. The van der Waals surface area contributed by atoms with E-state index in [9.17, 15) is 14.7 Å². The molecule has 0 spiro atoms. The number of nitrogens with one attached hydrogen (secondary N) is 1.